The average molecular weight is 203 g/mol. The van der Waals surface area contributed by atoms with Crippen molar-refractivity contribution in [3.63, 3.8) is 0 Å². The molecule has 15 heavy (non-hydrogen) atoms. The van der Waals surface area contributed by atoms with Crippen LogP contribution in [-0.4, -0.2) is 20.0 Å². The highest BCUT2D eigenvalue weighted by Gasteiger charge is 2.09. The highest BCUT2D eigenvalue weighted by atomic mass is 15.4. The van der Waals surface area contributed by atoms with Crippen LogP contribution in [0.1, 0.15) is 17.3 Å². The zero-order chi connectivity index (χ0) is 10.7. The van der Waals surface area contributed by atoms with E-state index in [-0.39, 0.29) is 6.04 Å². The number of aromatic nitrogens is 4. The van der Waals surface area contributed by atoms with E-state index in [1.165, 1.54) is 0 Å². The van der Waals surface area contributed by atoms with E-state index in [0.717, 1.165) is 11.3 Å². The van der Waals surface area contributed by atoms with E-state index in [9.17, 15) is 0 Å². The number of nitrogens with zero attached hydrogens (tertiary/aromatic N) is 4. The first-order chi connectivity index (χ1) is 7.25. The fourth-order valence-corrected chi connectivity index (χ4v) is 1.43. The minimum absolute atomic E-state index is 0.0737. The van der Waals surface area contributed by atoms with Crippen LogP contribution in [0.2, 0.25) is 0 Å². The Bertz CT molecular complexity index is 422. The predicted molar refractivity (Wildman–Crippen MR) is 55.9 cm³/mol. The van der Waals surface area contributed by atoms with Gasteiger partial charge in [-0.05, 0) is 11.6 Å². The third-order valence-corrected chi connectivity index (χ3v) is 2.19. The van der Waals surface area contributed by atoms with Crippen LogP contribution < -0.4 is 5.73 Å². The van der Waals surface area contributed by atoms with Crippen molar-refractivity contribution in [3.05, 3.63) is 42.0 Å². The first-order valence-electron chi connectivity index (χ1n) is 4.76. The SMILES string of the molecule is Cn1cc(CC(N)c2cccnc2)nn1. The fraction of sp³-hybridized carbons (Fsp3) is 0.300. The largest absolute Gasteiger partial charge is 0.324 e. The smallest absolute Gasteiger partial charge is 0.0845 e. The van der Waals surface area contributed by atoms with Gasteiger partial charge in [-0.2, -0.15) is 0 Å². The molecule has 0 amide bonds. The molecule has 1 atom stereocenters. The molecule has 0 aliphatic heterocycles. The molecule has 0 aliphatic rings. The van der Waals surface area contributed by atoms with E-state index in [1.54, 1.807) is 17.1 Å². The van der Waals surface area contributed by atoms with Gasteiger partial charge < -0.3 is 5.73 Å². The number of pyridine rings is 1. The molecule has 0 fully saturated rings. The number of hydrogen-bond acceptors (Lipinski definition) is 4. The summed E-state index contributed by atoms with van der Waals surface area (Å²) in [5, 5.41) is 7.85. The molecule has 78 valence electrons. The lowest BCUT2D eigenvalue weighted by atomic mass is 10.1. The average Bonchev–Trinajstić information content (AvgIpc) is 2.65. The maximum absolute atomic E-state index is 6.02. The van der Waals surface area contributed by atoms with Gasteiger partial charge in [0.2, 0.25) is 0 Å². The Morgan fingerprint density at radius 1 is 1.53 bits per heavy atom. The topological polar surface area (TPSA) is 69.6 Å². The van der Waals surface area contributed by atoms with Gasteiger partial charge in [0.1, 0.15) is 0 Å². The zero-order valence-electron chi connectivity index (χ0n) is 8.54. The Morgan fingerprint density at radius 3 is 3.00 bits per heavy atom. The van der Waals surface area contributed by atoms with Gasteiger partial charge in [-0.1, -0.05) is 11.3 Å². The van der Waals surface area contributed by atoms with Crippen molar-refractivity contribution in [2.24, 2.45) is 12.8 Å². The van der Waals surface area contributed by atoms with E-state index in [2.05, 4.69) is 15.3 Å². The molecule has 1 unspecified atom stereocenters. The highest BCUT2D eigenvalue weighted by Crippen LogP contribution is 2.12. The lowest BCUT2D eigenvalue weighted by molar-refractivity contribution is 0.692. The summed E-state index contributed by atoms with van der Waals surface area (Å²) in [4.78, 5) is 4.03. The summed E-state index contributed by atoms with van der Waals surface area (Å²) in [7, 11) is 1.84. The maximum Gasteiger partial charge on any atom is 0.0845 e. The predicted octanol–water partition coefficient (Wildman–Crippen LogP) is 0.453. The van der Waals surface area contributed by atoms with E-state index in [1.807, 2.05) is 25.4 Å². The van der Waals surface area contributed by atoms with Crippen LogP contribution in [-0.2, 0) is 13.5 Å². The molecule has 0 bridgehead atoms. The van der Waals surface area contributed by atoms with Crippen LogP contribution in [0.15, 0.2) is 30.7 Å². The van der Waals surface area contributed by atoms with E-state index in [4.69, 9.17) is 5.73 Å². The molecule has 0 saturated carbocycles. The quantitative estimate of drug-likeness (QED) is 0.786. The van der Waals surface area contributed by atoms with Crippen molar-refractivity contribution in [2.45, 2.75) is 12.5 Å². The molecular weight excluding hydrogens is 190 g/mol. The highest BCUT2D eigenvalue weighted by molar-refractivity contribution is 5.15. The van der Waals surface area contributed by atoms with Crippen LogP contribution >= 0.6 is 0 Å². The van der Waals surface area contributed by atoms with Gasteiger partial charge in [0.15, 0.2) is 0 Å². The molecule has 2 aromatic heterocycles. The first kappa shape index (κ1) is 9.79. The van der Waals surface area contributed by atoms with Crippen molar-refractivity contribution in [1.82, 2.24) is 20.0 Å². The lowest BCUT2D eigenvalue weighted by Gasteiger charge is -2.08. The van der Waals surface area contributed by atoms with E-state index in [0.29, 0.717) is 6.42 Å². The number of hydrogen-bond donors (Lipinski definition) is 1. The summed E-state index contributed by atoms with van der Waals surface area (Å²) in [6.07, 6.45) is 6.06. The Labute approximate surface area is 87.9 Å². The summed E-state index contributed by atoms with van der Waals surface area (Å²) < 4.78 is 1.67. The van der Waals surface area contributed by atoms with Crippen LogP contribution in [0.25, 0.3) is 0 Å². The Morgan fingerprint density at radius 2 is 2.40 bits per heavy atom. The van der Waals surface area contributed by atoms with Crippen molar-refractivity contribution >= 4 is 0 Å². The Kier molecular flexibility index (Phi) is 2.73. The second kappa shape index (κ2) is 4.18. The molecule has 5 nitrogen and oxygen atoms in total. The molecule has 0 radical (unpaired) electrons. The summed E-state index contributed by atoms with van der Waals surface area (Å²) in [5.41, 5.74) is 7.93. The number of nitrogens with two attached hydrogens (primary N) is 1. The summed E-state index contributed by atoms with van der Waals surface area (Å²) in [6, 6.07) is 3.77. The van der Waals surface area contributed by atoms with Gasteiger partial charge >= 0.3 is 0 Å². The molecule has 2 rings (SSSR count). The summed E-state index contributed by atoms with van der Waals surface area (Å²) in [6.45, 7) is 0. The van der Waals surface area contributed by atoms with Gasteiger partial charge in [-0.15, -0.1) is 5.10 Å². The zero-order valence-corrected chi connectivity index (χ0v) is 8.54. The molecule has 0 aliphatic carbocycles. The molecular formula is C10H13N5. The van der Waals surface area contributed by atoms with Crippen molar-refractivity contribution in [1.29, 1.82) is 0 Å². The van der Waals surface area contributed by atoms with E-state index >= 15 is 0 Å². The summed E-state index contributed by atoms with van der Waals surface area (Å²) in [5.74, 6) is 0. The van der Waals surface area contributed by atoms with Crippen LogP contribution in [0.3, 0.4) is 0 Å². The maximum atomic E-state index is 6.02. The van der Waals surface area contributed by atoms with Gasteiger partial charge in [0, 0.05) is 38.1 Å². The van der Waals surface area contributed by atoms with Gasteiger partial charge in [-0.25, -0.2) is 0 Å². The first-order valence-corrected chi connectivity index (χ1v) is 4.76. The normalized spacial score (nSPS) is 12.7. The molecule has 0 spiro atoms. The van der Waals surface area contributed by atoms with Crippen LogP contribution in [0.4, 0.5) is 0 Å². The fourth-order valence-electron chi connectivity index (χ4n) is 1.43. The van der Waals surface area contributed by atoms with Crippen molar-refractivity contribution in [2.75, 3.05) is 0 Å². The van der Waals surface area contributed by atoms with Crippen LogP contribution in [0, 0.1) is 0 Å². The van der Waals surface area contributed by atoms with Gasteiger partial charge in [0.25, 0.3) is 0 Å². The lowest BCUT2D eigenvalue weighted by Crippen LogP contribution is -2.13. The van der Waals surface area contributed by atoms with Crippen LogP contribution in [0.5, 0.6) is 0 Å². The Balaban J connectivity index is 2.07. The Hall–Kier alpha value is -1.75. The number of rotatable bonds is 3. The summed E-state index contributed by atoms with van der Waals surface area (Å²) >= 11 is 0. The molecule has 2 N–H and O–H groups in total. The third kappa shape index (κ3) is 2.38. The second-order valence-electron chi connectivity index (χ2n) is 3.48. The standard InChI is InChI=1S/C10H13N5/c1-15-7-9(13-14-15)5-10(11)8-3-2-4-12-6-8/h2-4,6-7,10H,5,11H2,1H3. The molecule has 5 heteroatoms. The van der Waals surface area contributed by atoms with Crippen molar-refractivity contribution in [3.8, 4) is 0 Å². The molecule has 2 heterocycles. The number of aryl methyl sites for hydroxylation is 1. The minimum Gasteiger partial charge on any atom is -0.324 e. The molecule has 2 aromatic rings. The molecule has 0 saturated heterocycles. The van der Waals surface area contributed by atoms with Gasteiger partial charge in [0.05, 0.1) is 5.69 Å². The van der Waals surface area contributed by atoms with Gasteiger partial charge in [-0.3, -0.25) is 9.67 Å². The monoisotopic (exact) mass is 203 g/mol. The molecule has 0 aromatic carbocycles. The van der Waals surface area contributed by atoms with Crippen molar-refractivity contribution < 1.29 is 0 Å². The minimum atomic E-state index is -0.0737. The third-order valence-electron chi connectivity index (χ3n) is 2.19. The second-order valence-corrected chi connectivity index (χ2v) is 3.48. The van der Waals surface area contributed by atoms with E-state index < -0.39 is 0 Å².